The van der Waals surface area contributed by atoms with Crippen molar-refractivity contribution in [3.05, 3.63) is 65.2 Å². The highest BCUT2D eigenvalue weighted by Crippen LogP contribution is 2.31. The third-order valence-corrected chi connectivity index (χ3v) is 5.61. The molecule has 0 aliphatic carbocycles. The molecule has 7 heteroatoms. The normalized spacial score (nSPS) is 15.2. The number of hydrogen-bond donors (Lipinski definition) is 2. The average Bonchev–Trinajstić information content (AvgIpc) is 3.33. The Kier molecular flexibility index (Phi) is 11.8. The molecule has 1 aliphatic rings. The molecule has 2 aromatic rings. The first kappa shape index (κ1) is 26.4. The van der Waals surface area contributed by atoms with Crippen molar-refractivity contribution in [3.8, 4) is 5.75 Å². The molecular formula is C25H37IN4O2. The van der Waals surface area contributed by atoms with Crippen LogP contribution < -0.4 is 15.4 Å². The maximum atomic E-state index is 5.67. The molecule has 1 fully saturated rings. The van der Waals surface area contributed by atoms with E-state index in [1.54, 1.807) is 14.2 Å². The Morgan fingerprint density at radius 3 is 2.50 bits per heavy atom. The standard InChI is InChI=1S/C25H36N4O2.HI/c1-4-26-25(27-17-20-10-9-11-21(16-20)19-30-2)28-18-23(29-14-7-8-15-29)22-12-5-6-13-24(22)31-3;/h5-6,9-13,16,23H,4,7-8,14-15,17-19H2,1-3H3,(H2,26,27,28);1H. The molecule has 0 aromatic heterocycles. The number of halogens is 1. The van der Waals surface area contributed by atoms with Gasteiger partial charge in [-0.05, 0) is 50.0 Å². The van der Waals surface area contributed by atoms with Crippen LogP contribution in [0.5, 0.6) is 5.75 Å². The van der Waals surface area contributed by atoms with Crippen LogP contribution in [0.1, 0.15) is 42.5 Å². The molecule has 6 nitrogen and oxygen atoms in total. The van der Waals surface area contributed by atoms with Crippen LogP contribution in [0.25, 0.3) is 0 Å². The molecule has 1 aliphatic heterocycles. The summed E-state index contributed by atoms with van der Waals surface area (Å²) in [5, 5.41) is 6.96. The summed E-state index contributed by atoms with van der Waals surface area (Å²) in [5.74, 6) is 1.77. The van der Waals surface area contributed by atoms with Crippen molar-refractivity contribution in [2.45, 2.75) is 39.0 Å². The Bertz CT molecular complexity index is 840. The van der Waals surface area contributed by atoms with Gasteiger partial charge in [0.05, 0.1) is 26.3 Å². The van der Waals surface area contributed by atoms with Gasteiger partial charge in [0, 0.05) is 25.8 Å². The zero-order chi connectivity index (χ0) is 21.9. The third-order valence-electron chi connectivity index (χ3n) is 5.61. The molecule has 176 valence electrons. The van der Waals surface area contributed by atoms with E-state index < -0.39 is 0 Å². The number of likely N-dealkylation sites (tertiary alicyclic amines) is 1. The first-order chi connectivity index (χ1) is 15.2. The van der Waals surface area contributed by atoms with E-state index in [4.69, 9.17) is 14.5 Å². The molecular weight excluding hydrogens is 515 g/mol. The SMILES string of the molecule is CCNC(=NCc1cccc(COC)c1)NCC(c1ccccc1OC)N1CCCC1.I. The van der Waals surface area contributed by atoms with Crippen molar-refractivity contribution in [2.24, 2.45) is 4.99 Å². The second-order valence-electron chi connectivity index (χ2n) is 7.83. The lowest BCUT2D eigenvalue weighted by Crippen LogP contribution is -2.42. The second kappa shape index (κ2) is 14.3. The molecule has 2 aromatic carbocycles. The number of hydrogen-bond acceptors (Lipinski definition) is 4. The van der Waals surface area contributed by atoms with Gasteiger partial charge in [0.15, 0.2) is 5.96 Å². The molecule has 0 bridgehead atoms. The molecule has 0 radical (unpaired) electrons. The summed E-state index contributed by atoms with van der Waals surface area (Å²) in [4.78, 5) is 7.37. The molecule has 1 heterocycles. The molecule has 0 amide bonds. The molecule has 0 spiro atoms. The van der Waals surface area contributed by atoms with Crippen LogP contribution in [0.4, 0.5) is 0 Å². The molecule has 2 N–H and O–H groups in total. The fourth-order valence-corrected chi connectivity index (χ4v) is 4.12. The van der Waals surface area contributed by atoms with E-state index in [0.717, 1.165) is 37.9 Å². The zero-order valence-corrected chi connectivity index (χ0v) is 21.8. The van der Waals surface area contributed by atoms with E-state index in [9.17, 15) is 0 Å². The summed E-state index contributed by atoms with van der Waals surface area (Å²) >= 11 is 0. The Labute approximate surface area is 209 Å². The highest BCUT2D eigenvalue weighted by Gasteiger charge is 2.26. The number of nitrogens with zero attached hydrogens (tertiary/aromatic N) is 2. The van der Waals surface area contributed by atoms with Crippen LogP contribution >= 0.6 is 24.0 Å². The van der Waals surface area contributed by atoms with Crippen molar-refractivity contribution in [3.63, 3.8) is 0 Å². The molecule has 0 saturated carbocycles. The number of benzene rings is 2. The van der Waals surface area contributed by atoms with Crippen LogP contribution in [0, 0.1) is 0 Å². The summed E-state index contributed by atoms with van der Waals surface area (Å²) in [7, 11) is 3.47. The topological polar surface area (TPSA) is 58.1 Å². The van der Waals surface area contributed by atoms with Gasteiger partial charge in [0.2, 0.25) is 0 Å². The Morgan fingerprint density at radius 2 is 1.78 bits per heavy atom. The van der Waals surface area contributed by atoms with Gasteiger partial charge in [-0.15, -0.1) is 24.0 Å². The van der Waals surface area contributed by atoms with E-state index in [1.807, 2.05) is 12.1 Å². The molecule has 1 unspecified atom stereocenters. The summed E-state index contributed by atoms with van der Waals surface area (Å²) in [6.45, 7) is 7.15. The van der Waals surface area contributed by atoms with Crippen molar-refractivity contribution < 1.29 is 9.47 Å². The van der Waals surface area contributed by atoms with Crippen molar-refractivity contribution in [1.29, 1.82) is 0 Å². The second-order valence-corrected chi connectivity index (χ2v) is 7.83. The van der Waals surface area contributed by atoms with Crippen LogP contribution in [0.15, 0.2) is 53.5 Å². The molecule has 32 heavy (non-hydrogen) atoms. The van der Waals surface area contributed by atoms with Gasteiger partial charge in [-0.2, -0.15) is 0 Å². The van der Waals surface area contributed by atoms with E-state index in [2.05, 4.69) is 58.9 Å². The highest BCUT2D eigenvalue weighted by molar-refractivity contribution is 14.0. The number of aliphatic imine (C=N–C) groups is 1. The van der Waals surface area contributed by atoms with Gasteiger partial charge in [0.25, 0.3) is 0 Å². The summed E-state index contributed by atoms with van der Waals surface area (Å²) < 4.78 is 10.9. The van der Waals surface area contributed by atoms with Crippen molar-refractivity contribution in [1.82, 2.24) is 15.5 Å². The number of methoxy groups -OCH3 is 2. The third kappa shape index (κ3) is 7.64. The first-order valence-electron chi connectivity index (χ1n) is 11.2. The maximum absolute atomic E-state index is 5.67. The number of para-hydroxylation sites is 1. The van der Waals surface area contributed by atoms with E-state index in [0.29, 0.717) is 13.2 Å². The van der Waals surface area contributed by atoms with Crippen molar-refractivity contribution in [2.75, 3.05) is 40.4 Å². The zero-order valence-electron chi connectivity index (χ0n) is 19.5. The lowest BCUT2D eigenvalue weighted by atomic mass is 10.0. The van der Waals surface area contributed by atoms with Gasteiger partial charge < -0.3 is 20.1 Å². The van der Waals surface area contributed by atoms with Crippen molar-refractivity contribution >= 4 is 29.9 Å². The Morgan fingerprint density at radius 1 is 1.03 bits per heavy atom. The van der Waals surface area contributed by atoms with Crippen LogP contribution in [-0.4, -0.2) is 51.3 Å². The van der Waals surface area contributed by atoms with E-state index >= 15 is 0 Å². The molecule has 1 atom stereocenters. The minimum absolute atomic E-state index is 0. The largest absolute Gasteiger partial charge is 0.496 e. The number of ether oxygens (including phenoxy) is 2. The monoisotopic (exact) mass is 552 g/mol. The summed E-state index contributed by atoms with van der Waals surface area (Å²) in [5.41, 5.74) is 3.56. The predicted octanol–water partition coefficient (Wildman–Crippen LogP) is 4.35. The first-order valence-corrected chi connectivity index (χ1v) is 11.2. The van der Waals surface area contributed by atoms with Gasteiger partial charge in [-0.1, -0.05) is 42.5 Å². The van der Waals surface area contributed by atoms with Gasteiger partial charge in [-0.25, -0.2) is 4.99 Å². The summed E-state index contributed by atoms with van der Waals surface area (Å²) in [6.07, 6.45) is 2.50. The number of nitrogens with one attached hydrogen (secondary N) is 2. The predicted molar refractivity (Wildman–Crippen MR) is 142 cm³/mol. The Balaban J connectivity index is 0.00000363. The fraction of sp³-hybridized carbons (Fsp3) is 0.480. The highest BCUT2D eigenvalue weighted by atomic mass is 127. The van der Waals surface area contributed by atoms with Crippen LogP contribution in [0.2, 0.25) is 0 Å². The van der Waals surface area contributed by atoms with E-state index in [-0.39, 0.29) is 30.0 Å². The molecule has 3 rings (SSSR count). The quantitative estimate of drug-likeness (QED) is 0.261. The average molecular weight is 553 g/mol. The van der Waals surface area contributed by atoms with Crippen LogP contribution in [-0.2, 0) is 17.9 Å². The lowest BCUT2D eigenvalue weighted by Gasteiger charge is -2.30. The van der Waals surface area contributed by atoms with Gasteiger partial charge in [-0.3, -0.25) is 4.90 Å². The lowest BCUT2D eigenvalue weighted by molar-refractivity contribution is 0.185. The summed E-state index contributed by atoms with van der Waals surface area (Å²) in [6, 6.07) is 17.0. The van der Waals surface area contributed by atoms with Crippen LogP contribution in [0.3, 0.4) is 0 Å². The maximum Gasteiger partial charge on any atom is 0.191 e. The number of guanidine groups is 1. The van der Waals surface area contributed by atoms with Gasteiger partial charge >= 0.3 is 0 Å². The minimum atomic E-state index is 0. The Hall–Kier alpha value is -1.84. The fourth-order valence-electron chi connectivity index (χ4n) is 4.12. The molecule has 1 saturated heterocycles. The number of rotatable bonds is 10. The smallest absolute Gasteiger partial charge is 0.191 e. The van der Waals surface area contributed by atoms with E-state index in [1.165, 1.54) is 29.5 Å². The minimum Gasteiger partial charge on any atom is -0.496 e. The van der Waals surface area contributed by atoms with Gasteiger partial charge in [0.1, 0.15) is 5.75 Å².